The first-order chi connectivity index (χ1) is 4.20. The molecule has 0 aliphatic rings. The molecule has 0 saturated heterocycles. The van der Waals surface area contributed by atoms with Crippen LogP contribution >= 0.6 is 0 Å². The third-order valence-corrected chi connectivity index (χ3v) is 0.793. The molecule has 0 spiro atoms. The molecule has 5 heteroatoms. The summed E-state index contributed by atoms with van der Waals surface area (Å²) in [6.07, 6.45) is -1.17. The van der Waals surface area contributed by atoms with Crippen LogP contribution in [-0.2, 0) is 4.79 Å². The fourth-order valence-corrected chi connectivity index (χ4v) is 0.337. The van der Waals surface area contributed by atoms with E-state index >= 15 is 0 Å². The normalized spacial score (nSPS) is 12.8. The fraction of sp³-hybridized carbons (Fsp3) is 0.750. The Bertz CT molecular complexity index is 95.8. The van der Waals surface area contributed by atoms with Crippen LogP contribution in [0.25, 0.3) is 0 Å². The van der Waals surface area contributed by atoms with E-state index < -0.39 is 18.6 Å². The lowest BCUT2D eigenvalue weighted by molar-refractivity contribution is -0.123. The van der Waals surface area contributed by atoms with Gasteiger partial charge in [-0.05, 0) is 0 Å². The molecule has 0 saturated carbocycles. The standard InChI is InChI=1S/C4H10N2O3/c5-6-4(9)1-3(8)2-7/h3,7-8H,1-2,5H2,(H,6,9). The molecule has 0 aromatic carbocycles. The van der Waals surface area contributed by atoms with Gasteiger partial charge in [-0.15, -0.1) is 0 Å². The molecule has 0 fully saturated rings. The first-order valence-corrected chi connectivity index (χ1v) is 2.49. The van der Waals surface area contributed by atoms with E-state index in [1.165, 1.54) is 0 Å². The number of carbonyl (C=O) groups excluding carboxylic acids is 1. The largest absolute Gasteiger partial charge is 0.394 e. The smallest absolute Gasteiger partial charge is 0.236 e. The van der Waals surface area contributed by atoms with Crippen molar-refractivity contribution in [2.45, 2.75) is 12.5 Å². The number of carbonyl (C=O) groups is 1. The summed E-state index contributed by atoms with van der Waals surface area (Å²) < 4.78 is 0. The summed E-state index contributed by atoms with van der Waals surface area (Å²) in [5.41, 5.74) is 1.82. The summed E-state index contributed by atoms with van der Waals surface area (Å²) in [5.74, 6) is 4.19. The Labute approximate surface area is 52.4 Å². The molecule has 54 valence electrons. The second-order valence-corrected chi connectivity index (χ2v) is 1.61. The van der Waals surface area contributed by atoms with Crippen molar-refractivity contribution in [2.24, 2.45) is 5.84 Å². The van der Waals surface area contributed by atoms with E-state index in [9.17, 15) is 4.79 Å². The van der Waals surface area contributed by atoms with Crippen molar-refractivity contribution in [3.63, 3.8) is 0 Å². The van der Waals surface area contributed by atoms with Crippen LogP contribution in [0.4, 0.5) is 0 Å². The number of amides is 1. The Balaban J connectivity index is 3.34. The topological polar surface area (TPSA) is 95.6 Å². The summed E-state index contributed by atoms with van der Waals surface area (Å²) in [7, 11) is 0. The zero-order valence-electron chi connectivity index (χ0n) is 4.87. The summed E-state index contributed by atoms with van der Waals surface area (Å²) in [6.45, 7) is -0.423. The highest BCUT2D eigenvalue weighted by Crippen LogP contribution is 1.87. The van der Waals surface area contributed by atoms with E-state index in [1.54, 1.807) is 0 Å². The maximum Gasteiger partial charge on any atom is 0.236 e. The molecule has 0 aromatic heterocycles. The van der Waals surface area contributed by atoms with Crippen molar-refractivity contribution in [2.75, 3.05) is 6.61 Å². The van der Waals surface area contributed by atoms with Gasteiger partial charge in [0.05, 0.1) is 19.1 Å². The van der Waals surface area contributed by atoms with E-state index in [2.05, 4.69) is 5.84 Å². The maximum atomic E-state index is 10.3. The lowest BCUT2D eigenvalue weighted by Gasteiger charge is -2.03. The molecule has 1 atom stereocenters. The summed E-state index contributed by atoms with van der Waals surface area (Å²) >= 11 is 0. The highest BCUT2D eigenvalue weighted by Gasteiger charge is 2.06. The van der Waals surface area contributed by atoms with Gasteiger partial charge < -0.3 is 10.2 Å². The molecule has 9 heavy (non-hydrogen) atoms. The lowest BCUT2D eigenvalue weighted by atomic mass is 10.2. The van der Waals surface area contributed by atoms with Gasteiger partial charge in [0, 0.05) is 0 Å². The van der Waals surface area contributed by atoms with E-state index in [-0.39, 0.29) is 6.42 Å². The second kappa shape index (κ2) is 4.25. The van der Waals surface area contributed by atoms with Gasteiger partial charge in [-0.1, -0.05) is 0 Å². The van der Waals surface area contributed by atoms with Gasteiger partial charge in [0.1, 0.15) is 0 Å². The minimum absolute atomic E-state index is 0.160. The quantitative estimate of drug-likeness (QED) is 0.199. The van der Waals surface area contributed by atoms with Crippen molar-refractivity contribution >= 4 is 5.91 Å². The average molecular weight is 134 g/mol. The van der Waals surface area contributed by atoms with Crippen LogP contribution in [0.2, 0.25) is 0 Å². The van der Waals surface area contributed by atoms with Crippen LogP contribution in [0.1, 0.15) is 6.42 Å². The maximum absolute atomic E-state index is 10.3. The molecule has 5 nitrogen and oxygen atoms in total. The van der Waals surface area contributed by atoms with Crippen LogP contribution < -0.4 is 11.3 Å². The SMILES string of the molecule is NNC(=O)CC(O)CO. The van der Waals surface area contributed by atoms with Crippen LogP contribution in [-0.4, -0.2) is 28.8 Å². The number of hydrogen-bond donors (Lipinski definition) is 4. The van der Waals surface area contributed by atoms with Gasteiger partial charge in [-0.2, -0.15) is 0 Å². The predicted octanol–water partition coefficient (Wildman–Crippen LogP) is -2.28. The Morgan fingerprint density at radius 1 is 1.78 bits per heavy atom. The number of aliphatic hydroxyl groups excluding tert-OH is 2. The molecule has 0 bridgehead atoms. The number of hydrazine groups is 1. The minimum Gasteiger partial charge on any atom is -0.394 e. The summed E-state index contributed by atoms with van der Waals surface area (Å²) in [6, 6.07) is 0. The molecule has 0 radical (unpaired) electrons. The summed E-state index contributed by atoms with van der Waals surface area (Å²) in [4.78, 5) is 10.3. The van der Waals surface area contributed by atoms with Gasteiger partial charge >= 0.3 is 0 Å². The molecule has 1 amide bonds. The van der Waals surface area contributed by atoms with Crippen molar-refractivity contribution in [3.05, 3.63) is 0 Å². The van der Waals surface area contributed by atoms with Crippen molar-refractivity contribution in [3.8, 4) is 0 Å². The Morgan fingerprint density at radius 2 is 2.33 bits per heavy atom. The van der Waals surface area contributed by atoms with Gasteiger partial charge in [-0.3, -0.25) is 10.2 Å². The van der Waals surface area contributed by atoms with Crippen molar-refractivity contribution in [1.29, 1.82) is 0 Å². The number of rotatable bonds is 3. The zero-order chi connectivity index (χ0) is 7.28. The molecule has 0 aliphatic carbocycles. The van der Waals surface area contributed by atoms with E-state index in [4.69, 9.17) is 10.2 Å². The van der Waals surface area contributed by atoms with Gasteiger partial charge in [0.25, 0.3) is 0 Å². The Hall–Kier alpha value is -0.650. The Kier molecular flexibility index (Phi) is 3.94. The molecule has 5 N–H and O–H groups in total. The fourth-order valence-electron chi connectivity index (χ4n) is 0.337. The molecule has 0 aromatic rings. The minimum atomic E-state index is -1.01. The first-order valence-electron chi connectivity index (χ1n) is 2.49. The molecule has 0 heterocycles. The van der Waals surface area contributed by atoms with Crippen LogP contribution in [0.15, 0.2) is 0 Å². The summed E-state index contributed by atoms with van der Waals surface area (Å²) in [5, 5.41) is 16.8. The molecular formula is C4H10N2O3. The number of nitrogens with one attached hydrogen (secondary N) is 1. The highest BCUT2D eigenvalue weighted by molar-refractivity contribution is 5.75. The average Bonchev–Trinajstić information content (AvgIpc) is 1.87. The third kappa shape index (κ3) is 3.89. The lowest BCUT2D eigenvalue weighted by Crippen LogP contribution is -2.33. The first kappa shape index (κ1) is 8.35. The van der Waals surface area contributed by atoms with E-state index in [1.807, 2.05) is 5.43 Å². The number of nitrogens with two attached hydrogens (primary N) is 1. The van der Waals surface area contributed by atoms with Gasteiger partial charge in [-0.25, -0.2) is 5.84 Å². The van der Waals surface area contributed by atoms with Crippen molar-refractivity contribution in [1.82, 2.24) is 5.43 Å². The highest BCUT2D eigenvalue weighted by atomic mass is 16.3. The number of hydrogen-bond acceptors (Lipinski definition) is 4. The third-order valence-electron chi connectivity index (χ3n) is 0.793. The van der Waals surface area contributed by atoms with Crippen LogP contribution in [0.3, 0.4) is 0 Å². The van der Waals surface area contributed by atoms with E-state index in [0.29, 0.717) is 0 Å². The molecule has 0 aliphatic heterocycles. The number of aliphatic hydroxyl groups is 2. The van der Waals surface area contributed by atoms with Crippen molar-refractivity contribution < 1.29 is 15.0 Å². The monoisotopic (exact) mass is 134 g/mol. The zero-order valence-corrected chi connectivity index (χ0v) is 4.87. The molecule has 0 rings (SSSR count). The van der Waals surface area contributed by atoms with Crippen LogP contribution in [0.5, 0.6) is 0 Å². The van der Waals surface area contributed by atoms with E-state index in [0.717, 1.165) is 0 Å². The Morgan fingerprint density at radius 3 is 2.67 bits per heavy atom. The van der Waals surface area contributed by atoms with Gasteiger partial charge in [0.2, 0.25) is 5.91 Å². The predicted molar refractivity (Wildman–Crippen MR) is 30.0 cm³/mol. The van der Waals surface area contributed by atoms with Gasteiger partial charge in [0.15, 0.2) is 0 Å². The molecule has 1 unspecified atom stereocenters. The molecular weight excluding hydrogens is 124 g/mol. The second-order valence-electron chi connectivity index (χ2n) is 1.61. The van der Waals surface area contributed by atoms with Crippen LogP contribution in [0, 0.1) is 0 Å².